The molecule has 4 rings (SSSR count). The van der Waals surface area contributed by atoms with Crippen molar-refractivity contribution in [1.82, 2.24) is 14.5 Å². The highest BCUT2D eigenvalue weighted by molar-refractivity contribution is 6.32. The van der Waals surface area contributed by atoms with E-state index in [1.165, 1.54) is 22.0 Å². The van der Waals surface area contributed by atoms with Crippen molar-refractivity contribution in [1.29, 1.82) is 0 Å². The van der Waals surface area contributed by atoms with E-state index < -0.39 is 0 Å². The van der Waals surface area contributed by atoms with E-state index in [0.717, 1.165) is 19.4 Å². The Morgan fingerprint density at radius 1 is 1.24 bits per heavy atom. The maximum absolute atomic E-state index is 12.9. The van der Waals surface area contributed by atoms with Gasteiger partial charge in [-0.2, -0.15) is 0 Å². The van der Waals surface area contributed by atoms with Gasteiger partial charge < -0.3 is 9.47 Å². The van der Waals surface area contributed by atoms with Crippen LogP contribution in [-0.2, 0) is 19.5 Å². The smallest absolute Gasteiger partial charge is 0.257 e. The number of hydrogen-bond acceptors (Lipinski definition) is 2. The zero-order chi connectivity index (χ0) is 17.4. The summed E-state index contributed by atoms with van der Waals surface area (Å²) in [6.07, 6.45) is 5.82. The number of halogens is 1. The fraction of sp³-hybridized carbons (Fsp3) is 0.300. The monoisotopic (exact) mass is 353 g/mol. The van der Waals surface area contributed by atoms with Crippen LogP contribution in [0.1, 0.15) is 34.8 Å². The van der Waals surface area contributed by atoms with Crippen molar-refractivity contribution in [2.75, 3.05) is 6.54 Å². The highest BCUT2D eigenvalue weighted by atomic mass is 35.5. The van der Waals surface area contributed by atoms with Crippen LogP contribution in [0.2, 0.25) is 5.15 Å². The third-order valence-corrected chi connectivity index (χ3v) is 5.13. The summed E-state index contributed by atoms with van der Waals surface area (Å²) < 4.78 is 2.34. The first kappa shape index (κ1) is 16.2. The van der Waals surface area contributed by atoms with Crippen LogP contribution in [0.5, 0.6) is 0 Å². The Bertz CT molecular complexity index is 947. The molecule has 0 radical (unpaired) electrons. The molecule has 1 aromatic carbocycles. The Morgan fingerprint density at radius 3 is 2.92 bits per heavy atom. The zero-order valence-electron chi connectivity index (χ0n) is 14.2. The van der Waals surface area contributed by atoms with E-state index in [2.05, 4.69) is 40.9 Å². The molecule has 3 heterocycles. The minimum Gasteiger partial charge on any atom is -0.347 e. The van der Waals surface area contributed by atoms with Gasteiger partial charge in [-0.15, -0.1) is 0 Å². The Morgan fingerprint density at radius 2 is 2.12 bits per heavy atom. The second-order valence-electron chi connectivity index (χ2n) is 6.48. The Labute approximate surface area is 152 Å². The van der Waals surface area contributed by atoms with E-state index in [9.17, 15) is 4.79 Å². The zero-order valence-corrected chi connectivity index (χ0v) is 15.0. The van der Waals surface area contributed by atoms with E-state index >= 15 is 0 Å². The lowest BCUT2D eigenvalue weighted by Crippen LogP contribution is -2.31. The van der Waals surface area contributed by atoms with E-state index in [1.54, 1.807) is 18.3 Å². The van der Waals surface area contributed by atoms with Crippen molar-refractivity contribution in [3.05, 3.63) is 64.6 Å². The highest BCUT2D eigenvalue weighted by Crippen LogP contribution is 2.30. The van der Waals surface area contributed by atoms with E-state index in [4.69, 9.17) is 11.6 Å². The van der Waals surface area contributed by atoms with E-state index in [0.29, 0.717) is 18.7 Å². The standard InChI is InChI=1S/C20H20ClN3O/c1-2-10-23-12-15-8-11-24(13-14-5-3-7-17(23)18(14)15)20(25)16-6-4-9-22-19(16)21/h3-7,9,12H,2,8,10-11,13H2,1H3. The minimum atomic E-state index is -0.0540. The lowest BCUT2D eigenvalue weighted by atomic mass is 10.1. The Kier molecular flexibility index (Phi) is 4.22. The number of aryl methyl sites for hydroxylation is 1. The van der Waals surface area contributed by atoms with Crippen molar-refractivity contribution in [3.63, 3.8) is 0 Å². The Balaban J connectivity index is 1.72. The molecule has 0 bridgehead atoms. The third kappa shape index (κ3) is 2.81. The summed E-state index contributed by atoms with van der Waals surface area (Å²) in [7, 11) is 0. The molecular formula is C20H20ClN3O. The molecule has 1 aliphatic heterocycles. The fourth-order valence-corrected chi connectivity index (χ4v) is 3.90. The highest BCUT2D eigenvalue weighted by Gasteiger charge is 2.24. The van der Waals surface area contributed by atoms with Crippen LogP contribution < -0.4 is 0 Å². The Hall–Kier alpha value is -2.33. The summed E-state index contributed by atoms with van der Waals surface area (Å²) in [6.45, 7) is 4.50. The van der Waals surface area contributed by atoms with Gasteiger partial charge >= 0.3 is 0 Å². The number of nitrogens with zero attached hydrogens (tertiary/aromatic N) is 3. The lowest BCUT2D eigenvalue weighted by molar-refractivity contribution is 0.0747. The molecule has 0 fully saturated rings. The van der Waals surface area contributed by atoms with Crippen molar-refractivity contribution < 1.29 is 4.79 Å². The molecule has 25 heavy (non-hydrogen) atoms. The van der Waals surface area contributed by atoms with Gasteiger partial charge in [0.05, 0.1) is 5.56 Å². The summed E-state index contributed by atoms with van der Waals surface area (Å²) in [5.41, 5.74) is 4.27. The normalized spacial score (nSPS) is 13.9. The van der Waals surface area contributed by atoms with Crippen LogP contribution in [0, 0.1) is 0 Å². The van der Waals surface area contributed by atoms with Gasteiger partial charge in [0.1, 0.15) is 5.15 Å². The van der Waals surface area contributed by atoms with Gasteiger partial charge in [-0.3, -0.25) is 4.79 Å². The molecule has 0 N–H and O–H groups in total. The summed E-state index contributed by atoms with van der Waals surface area (Å²) in [4.78, 5) is 18.8. The molecule has 128 valence electrons. The van der Waals surface area contributed by atoms with Gasteiger partial charge in [-0.25, -0.2) is 4.98 Å². The molecule has 1 amide bonds. The number of pyridine rings is 1. The third-order valence-electron chi connectivity index (χ3n) is 4.82. The number of rotatable bonds is 3. The first-order valence-corrected chi connectivity index (χ1v) is 9.06. The summed E-state index contributed by atoms with van der Waals surface area (Å²) >= 11 is 6.12. The first-order valence-electron chi connectivity index (χ1n) is 8.68. The van der Waals surface area contributed by atoms with Crippen LogP contribution in [0.4, 0.5) is 0 Å². The molecule has 4 nitrogen and oxygen atoms in total. The molecule has 0 unspecified atom stereocenters. The van der Waals surface area contributed by atoms with Crippen LogP contribution in [-0.4, -0.2) is 26.9 Å². The van der Waals surface area contributed by atoms with Gasteiger partial charge in [0, 0.05) is 42.9 Å². The summed E-state index contributed by atoms with van der Waals surface area (Å²) in [6, 6.07) is 9.87. The fourth-order valence-electron chi connectivity index (χ4n) is 3.70. The van der Waals surface area contributed by atoms with Gasteiger partial charge in [0.25, 0.3) is 5.91 Å². The number of benzene rings is 1. The first-order chi connectivity index (χ1) is 12.2. The molecule has 3 aromatic rings. The molecule has 0 spiro atoms. The van der Waals surface area contributed by atoms with Crippen LogP contribution in [0.25, 0.3) is 10.9 Å². The number of amides is 1. The minimum absolute atomic E-state index is 0.0540. The number of hydrogen-bond donors (Lipinski definition) is 0. The van der Waals surface area contributed by atoms with Crippen molar-refractivity contribution in [3.8, 4) is 0 Å². The van der Waals surface area contributed by atoms with E-state index in [-0.39, 0.29) is 11.1 Å². The molecule has 5 heteroatoms. The second-order valence-corrected chi connectivity index (χ2v) is 6.84. The van der Waals surface area contributed by atoms with Gasteiger partial charge in [-0.05, 0) is 42.2 Å². The summed E-state index contributed by atoms with van der Waals surface area (Å²) in [5, 5.41) is 1.58. The predicted molar refractivity (Wildman–Crippen MR) is 99.9 cm³/mol. The average molecular weight is 354 g/mol. The van der Waals surface area contributed by atoms with Crippen molar-refractivity contribution >= 4 is 28.4 Å². The maximum atomic E-state index is 12.9. The largest absolute Gasteiger partial charge is 0.347 e. The van der Waals surface area contributed by atoms with Gasteiger partial charge in [0.2, 0.25) is 0 Å². The molecule has 2 aromatic heterocycles. The van der Waals surface area contributed by atoms with Crippen molar-refractivity contribution in [2.24, 2.45) is 0 Å². The van der Waals surface area contributed by atoms with Gasteiger partial charge in [-0.1, -0.05) is 30.7 Å². The van der Waals surface area contributed by atoms with Crippen LogP contribution >= 0.6 is 11.6 Å². The quantitative estimate of drug-likeness (QED) is 0.658. The molecule has 0 aliphatic carbocycles. The lowest BCUT2D eigenvalue weighted by Gasteiger charge is -2.21. The van der Waals surface area contributed by atoms with Crippen LogP contribution in [0.15, 0.2) is 42.7 Å². The summed E-state index contributed by atoms with van der Waals surface area (Å²) in [5.74, 6) is -0.0540. The molecular weight excluding hydrogens is 334 g/mol. The molecule has 0 atom stereocenters. The average Bonchev–Trinajstić information content (AvgIpc) is 2.86. The molecule has 0 saturated carbocycles. The van der Waals surface area contributed by atoms with Crippen LogP contribution in [0.3, 0.4) is 0 Å². The number of aromatic nitrogens is 2. The van der Waals surface area contributed by atoms with Gasteiger partial charge in [0.15, 0.2) is 0 Å². The topological polar surface area (TPSA) is 38.1 Å². The predicted octanol–water partition coefficient (Wildman–Crippen LogP) is 4.30. The second kappa shape index (κ2) is 6.52. The SMILES string of the molecule is CCCn1cc2c3c(cccc31)CN(C(=O)c1cccnc1Cl)CC2. The number of carbonyl (C=O) groups is 1. The molecule has 1 aliphatic rings. The maximum Gasteiger partial charge on any atom is 0.257 e. The number of carbonyl (C=O) groups excluding carboxylic acids is 1. The molecule has 0 saturated heterocycles. The van der Waals surface area contributed by atoms with E-state index in [1.807, 2.05) is 4.90 Å². The van der Waals surface area contributed by atoms with Crippen molar-refractivity contribution in [2.45, 2.75) is 32.9 Å².